The normalized spacial score (nSPS) is 13.4. The van der Waals surface area contributed by atoms with Crippen molar-refractivity contribution in [1.82, 2.24) is 5.32 Å². The Balaban J connectivity index is 0.000000228. The fourth-order valence-electron chi connectivity index (χ4n) is 2.26. The molecule has 0 fully saturated rings. The maximum absolute atomic E-state index is 12.1. The Morgan fingerprint density at radius 1 is 1.04 bits per heavy atom. The molecule has 8 heteroatoms. The van der Waals surface area contributed by atoms with Gasteiger partial charge in [0, 0.05) is 30.3 Å². The number of hydrogen-bond donors (Lipinski definition) is 1. The van der Waals surface area contributed by atoms with Gasteiger partial charge in [-0.1, -0.05) is 48.5 Å². The molecule has 1 N–H and O–H groups in total. The molecule has 0 saturated heterocycles. The van der Waals surface area contributed by atoms with Gasteiger partial charge in [0.05, 0.1) is 4.92 Å². The van der Waals surface area contributed by atoms with Crippen LogP contribution >= 0.6 is 0 Å². The molecule has 5 nitrogen and oxygen atoms in total. The van der Waals surface area contributed by atoms with Crippen LogP contribution < -0.4 is 5.32 Å². The first kappa shape index (κ1) is 19.3. The fraction of sp³-hybridized carbons (Fsp3) is 0.167. The van der Waals surface area contributed by atoms with Crippen LogP contribution in [0.3, 0.4) is 0 Å². The third-order valence-electron chi connectivity index (χ3n) is 3.55. The summed E-state index contributed by atoms with van der Waals surface area (Å²) >= 11 is 0. The molecule has 0 aliphatic carbocycles. The van der Waals surface area contributed by atoms with Crippen molar-refractivity contribution in [2.75, 3.05) is 13.1 Å². The fourth-order valence-corrected chi connectivity index (χ4v) is 2.26. The number of para-hydroxylation sites is 1. The lowest BCUT2D eigenvalue weighted by Crippen LogP contribution is -2.17. The van der Waals surface area contributed by atoms with Gasteiger partial charge in [-0.3, -0.25) is 14.9 Å². The van der Waals surface area contributed by atoms with Crippen molar-refractivity contribution in [1.29, 1.82) is 0 Å². The molecular formula is C18H15F3N2O3. The van der Waals surface area contributed by atoms with Crippen LogP contribution in [0.25, 0.3) is 0 Å². The topological polar surface area (TPSA) is 72.2 Å². The second-order valence-corrected chi connectivity index (χ2v) is 5.33. The number of nitrogens with zero attached hydrogens (tertiary/aromatic N) is 1. The average Bonchev–Trinajstić information content (AvgIpc) is 3.17. The first-order valence-corrected chi connectivity index (χ1v) is 7.61. The van der Waals surface area contributed by atoms with E-state index in [2.05, 4.69) is 5.32 Å². The lowest BCUT2D eigenvalue weighted by Gasteiger charge is -2.04. The number of benzene rings is 2. The summed E-state index contributed by atoms with van der Waals surface area (Å²) in [5.41, 5.74) is -0.0608. The molecule has 0 atom stereocenters. The van der Waals surface area contributed by atoms with Crippen LogP contribution in [0.4, 0.5) is 18.9 Å². The minimum absolute atomic E-state index is 0.0382. The summed E-state index contributed by atoms with van der Waals surface area (Å²) in [5.74, 6) is -0.335. The van der Waals surface area contributed by atoms with Gasteiger partial charge in [-0.2, -0.15) is 13.2 Å². The third-order valence-corrected chi connectivity index (χ3v) is 3.55. The number of hydrogen-bond acceptors (Lipinski definition) is 4. The first-order valence-electron chi connectivity index (χ1n) is 7.61. The Labute approximate surface area is 147 Å². The predicted molar refractivity (Wildman–Crippen MR) is 90.0 cm³/mol. The second-order valence-electron chi connectivity index (χ2n) is 5.33. The number of carbonyl (C=O) groups excluding carboxylic acids is 1. The van der Waals surface area contributed by atoms with Crippen molar-refractivity contribution in [2.24, 2.45) is 0 Å². The smallest absolute Gasteiger partial charge is 0.309 e. The molecule has 26 heavy (non-hydrogen) atoms. The molecule has 3 rings (SSSR count). The number of rotatable bonds is 3. The van der Waals surface area contributed by atoms with E-state index in [-0.39, 0.29) is 23.6 Å². The van der Waals surface area contributed by atoms with Crippen LogP contribution in [0, 0.1) is 10.1 Å². The van der Waals surface area contributed by atoms with Gasteiger partial charge in [0.25, 0.3) is 5.69 Å². The summed E-state index contributed by atoms with van der Waals surface area (Å²) in [5, 5.41) is 13.4. The van der Waals surface area contributed by atoms with Gasteiger partial charge in [-0.15, -0.1) is 0 Å². The maximum atomic E-state index is 12.1. The van der Waals surface area contributed by atoms with Gasteiger partial charge in [0.1, 0.15) is 5.56 Å². The molecule has 1 heterocycles. The van der Waals surface area contributed by atoms with Gasteiger partial charge in [-0.05, 0) is 6.07 Å². The lowest BCUT2D eigenvalue weighted by atomic mass is 10.0. The SMILES string of the molecule is FC(F)(F)C1=CCNC1.O=C(c1ccccc1)c1ccccc1[N+](=O)[O-]. The summed E-state index contributed by atoms with van der Waals surface area (Å²) in [6.45, 7) is 0.304. The van der Waals surface area contributed by atoms with Crippen LogP contribution in [0.2, 0.25) is 0 Å². The molecule has 1 aliphatic heterocycles. The predicted octanol–water partition coefficient (Wildman–Crippen LogP) is 3.90. The Hall–Kier alpha value is -3.00. The number of nitro groups is 1. The summed E-state index contributed by atoms with van der Waals surface area (Å²) in [4.78, 5) is 22.3. The van der Waals surface area contributed by atoms with Crippen LogP contribution in [0.1, 0.15) is 15.9 Å². The van der Waals surface area contributed by atoms with Crippen molar-refractivity contribution >= 4 is 11.5 Å². The Morgan fingerprint density at radius 2 is 1.65 bits per heavy atom. The van der Waals surface area contributed by atoms with Crippen molar-refractivity contribution < 1.29 is 22.9 Å². The zero-order valence-corrected chi connectivity index (χ0v) is 13.5. The Kier molecular flexibility index (Phi) is 6.24. The zero-order valence-electron chi connectivity index (χ0n) is 13.5. The van der Waals surface area contributed by atoms with E-state index in [1.54, 1.807) is 42.5 Å². The van der Waals surface area contributed by atoms with Gasteiger partial charge >= 0.3 is 6.18 Å². The van der Waals surface area contributed by atoms with Gasteiger partial charge < -0.3 is 5.32 Å². The zero-order chi connectivity index (χ0) is 19.2. The van der Waals surface area contributed by atoms with Gasteiger partial charge in [0.2, 0.25) is 0 Å². The van der Waals surface area contributed by atoms with Crippen LogP contribution in [0.5, 0.6) is 0 Å². The molecule has 0 aromatic heterocycles. The largest absolute Gasteiger partial charge is 0.413 e. The van der Waals surface area contributed by atoms with E-state index in [1.807, 2.05) is 0 Å². The Morgan fingerprint density at radius 3 is 2.15 bits per heavy atom. The van der Waals surface area contributed by atoms with E-state index in [0.29, 0.717) is 12.1 Å². The molecule has 0 saturated carbocycles. The van der Waals surface area contributed by atoms with E-state index in [1.165, 1.54) is 18.2 Å². The number of ketones is 1. The third kappa shape index (κ3) is 5.00. The molecule has 0 spiro atoms. The minimum atomic E-state index is -4.12. The number of alkyl halides is 3. The first-order chi connectivity index (χ1) is 12.3. The van der Waals surface area contributed by atoms with Crippen LogP contribution in [-0.4, -0.2) is 30.0 Å². The number of nitrogens with one attached hydrogen (secondary N) is 1. The second kappa shape index (κ2) is 8.39. The van der Waals surface area contributed by atoms with Crippen molar-refractivity contribution in [3.63, 3.8) is 0 Å². The van der Waals surface area contributed by atoms with E-state index in [4.69, 9.17) is 0 Å². The highest BCUT2D eigenvalue weighted by molar-refractivity contribution is 6.11. The van der Waals surface area contributed by atoms with E-state index < -0.39 is 16.7 Å². The molecular weight excluding hydrogens is 349 g/mol. The highest BCUT2D eigenvalue weighted by atomic mass is 19.4. The molecule has 0 radical (unpaired) electrons. The molecule has 136 valence electrons. The summed E-state index contributed by atoms with van der Waals surface area (Å²) in [6, 6.07) is 14.5. The molecule has 1 aliphatic rings. The number of carbonyl (C=O) groups is 1. The van der Waals surface area contributed by atoms with Gasteiger partial charge in [-0.25, -0.2) is 0 Å². The van der Waals surface area contributed by atoms with E-state index >= 15 is 0 Å². The number of nitro benzene ring substituents is 1. The summed E-state index contributed by atoms with van der Waals surface area (Å²) in [7, 11) is 0. The molecule has 2 aromatic carbocycles. The standard InChI is InChI=1S/C13H9NO3.C5H6F3N/c15-13(10-6-2-1-3-7-10)11-8-4-5-9-12(11)14(16)17;6-5(7,8)4-1-2-9-3-4/h1-9H;1,9H,2-3H2. The van der Waals surface area contributed by atoms with Gasteiger partial charge in [0.15, 0.2) is 5.78 Å². The summed E-state index contributed by atoms with van der Waals surface area (Å²) in [6.07, 6.45) is -2.95. The van der Waals surface area contributed by atoms with E-state index in [0.717, 1.165) is 0 Å². The van der Waals surface area contributed by atoms with Crippen LogP contribution in [0.15, 0.2) is 66.2 Å². The average molecular weight is 364 g/mol. The quantitative estimate of drug-likeness (QED) is 0.388. The molecule has 0 amide bonds. The highest BCUT2D eigenvalue weighted by Gasteiger charge is 2.34. The van der Waals surface area contributed by atoms with Crippen molar-refractivity contribution in [2.45, 2.75) is 6.18 Å². The summed E-state index contributed by atoms with van der Waals surface area (Å²) < 4.78 is 35.0. The molecule has 2 aromatic rings. The Bertz CT molecular complexity index is 818. The van der Waals surface area contributed by atoms with Crippen molar-refractivity contribution in [3.8, 4) is 0 Å². The maximum Gasteiger partial charge on any atom is 0.413 e. The molecule has 0 bridgehead atoms. The highest BCUT2D eigenvalue weighted by Crippen LogP contribution is 2.26. The lowest BCUT2D eigenvalue weighted by molar-refractivity contribution is -0.385. The monoisotopic (exact) mass is 364 g/mol. The minimum Gasteiger partial charge on any atom is -0.309 e. The van der Waals surface area contributed by atoms with E-state index in [9.17, 15) is 28.1 Å². The number of halogens is 3. The molecule has 0 unspecified atom stereocenters. The van der Waals surface area contributed by atoms with Crippen molar-refractivity contribution in [3.05, 3.63) is 87.5 Å². The van der Waals surface area contributed by atoms with Crippen LogP contribution in [-0.2, 0) is 0 Å².